The van der Waals surface area contributed by atoms with E-state index in [1.807, 2.05) is 10.9 Å². The van der Waals surface area contributed by atoms with Crippen LogP contribution in [0.25, 0.3) is 0 Å². The average molecular weight is 217 g/mol. The lowest BCUT2D eigenvalue weighted by molar-refractivity contribution is 0.558. The van der Waals surface area contributed by atoms with Gasteiger partial charge in [0.15, 0.2) is 0 Å². The predicted octanol–water partition coefficient (Wildman–Crippen LogP) is 2.75. The van der Waals surface area contributed by atoms with Crippen LogP contribution in [-0.4, -0.2) is 9.78 Å². The molecule has 1 rings (SSSR count). The SMILES string of the molecule is CCCCn1ncc(Br)c1C. The van der Waals surface area contributed by atoms with Crippen LogP contribution in [0.2, 0.25) is 0 Å². The van der Waals surface area contributed by atoms with Crippen LogP contribution in [-0.2, 0) is 6.54 Å². The first-order valence-corrected chi connectivity index (χ1v) is 4.73. The van der Waals surface area contributed by atoms with Crippen molar-refractivity contribution in [2.24, 2.45) is 0 Å². The molecule has 1 aromatic heterocycles. The first kappa shape index (κ1) is 8.78. The highest BCUT2D eigenvalue weighted by molar-refractivity contribution is 9.10. The van der Waals surface area contributed by atoms with E-state index in [4.69, 9.17) is 0 Å². The van der Waals surface area contributed by atoms with Crippen LogP contribution in [0, 0.1) is 6.92 Å². The van der Waals surface area contributed by atoms with Gasteiger partial charge in [0.05, 0.1) is 10.7 Å². The molecule has 62 valence electrons. The van der Waals surface area contributed by atoms with Crippen molar-refractivity contribution in [3.05, 3.63) is 16.4 Å². The second kappa shape index (κ2) is 3.90. The highest BCUT2D eigenvalue weighted by Gasteiger charge is 2.01. The van der Waals surface area contributed by atoms with Crippen LogP contribution in [0.5, 0.6) is 0 Å². The van der Waals surface area contributed by atoms with Gasteiger partial charge in [-0.25, -0.2) is 0 Å². The standard InChI is InChI=1S/C8H13BrN2/c1-3-4-5-11-7(2)8(9)6-10-11/h6H,3-5H2,1-2H3. The first-order valence-electron chi connectivity index (χ1n) is 3.93. The number of hydrogen-bond acceptors (Lipinski definition) is 1. The molecule has 0 atom stereocenters. The Hall–Kier alpha value is -0.310. The average Bonchev–Trinajstić information content (AvgIpc) is 2.31. The van der Waals surface area contributed by atoms with Gasteiger partial charge in [0.25, 0.3) is 0 Å². The molecule has 0 aromatic carbocycles. The maximum absolute atomic E-state index is 4.22. The van der Waals surface area contributed by atoms with E-state index in [1.165, 1.54) is 18.5 Å². The Morgan fingerprint density at radius 1 is 1.64 bits per heavy atom. The molecule has 2 nitrogen and oxygen atoms in total. The predicted molar refractivity (Wildman–Crippen MR) is 49.6 cm³/mol. The Bertz CT molecular complexity index is 230. The molecule has 0 bridgehead atoms. The van der Waals surface area contributed by atoms with Crippen LogP contribution in [0.15, 0.2) is 10.7 Å². The highest BCUT2D eigenvalue weighted by atomic mass is 79.9. The number of hydrogen-bond donors (Lipinski definition) is 0. The van der Waals surface area contributed by atoms with Gasteiger partial charge in [0.1, 0.15) is 0 Å². The Labute approximate surface area is 75.7 Å². The molecule has 0 saturated heterocycles. The number of nitrogens with zero attached hydrogens (tertiary/aromatic N) is 2. The zero-order valence-electron chi connectivity index (χ0n) is 6.97. The molecule has 0 aliphatic rings. The molecule has 0 aliphatic carbocycles. The second-order valence-electron chi connectivity index (χ2n) is 2.65. The van der Waals surface area contributed by atoms with Gasteiger partial charge in [-0.15, -0.1) is 0 Å². The lowest BCUT2D eigenvalue weighted by atomic mass is 10.3. The summed E-state index contributed by atoms with van der Waals surface area (Å²) in [7, 11) is 0. The Balaban J connectivity index is 2.63. The minimum atomic E-state index is 1.04. The summed E-state index contributed by atoms with van der Waals surface area (Å²) in [5.41, 5.74) is 1.22. The fourth-order valence-electron chi connectivity index (χ4n) is 0.957. The van der Waals surface area contributed by atoms with E-state index in [1.54, 1.807) is 0 Å². The summed E-state index contributed by atoms with van der Waals surface area (Å²) >= 11 is 3.42. The number of halogens is 1. The Morgan fingerprint density at radius 2 is 2.36 bits per heavy atom. The number of unbranched alkanes of at least 4 members (excludes halogenated alkanes) is 1. The lowest BCUT2D eigenvalue weighted by Gasteiger charge is -2.01. The quantitative estimate of drug-likeness (QED) is 0.761. The van der Waals surface area contributed by atoms with Crippen molar-refractivity contribution in [3.8, 4) is 0 Å². The summed E-state index contributed by atoms with van der Waals surface area (Å²) in [5, 5.41) is 4.22. The van der Waals surface area contributed by atoms with Gasteiger partial charge >= 0.3 is 0 Å². The summed E-state index contributed by atoms with van der Waals surface area (Å²) in [6.07, 6.45) is 4.27. The molecule has 11 heavy (non-hydrogen) atoms. The van der Waals surface area contributed by atoms with E-state index in [0.717, 1.165) is 11.0 Å². The largest absolute Gasteiger partial charge is 0.269 e. The molecule has 0 aliphatic heterocycles. The Morgan fingerprint density at radius 3 is 2.82 bits per heavy atom. The van der Waals surface area contributed by atoms with Crippen LogP contribution >= 0.6 is 15.9 Å². The number of aryl methyl sites for hydroxylation is 1. The lowest BCUT2D eigenvalue weighted by Crippen LogP contribution is -2.01. The van der Waals surface area contributed by atoms with Crippen molar-refractivity contribution in [1.82, 2.24) is 9.78 Å². The van der Waals surface area contributed by atoms with Crippen LogP contribution in [0.1, 0.15) is 25.5 Å². The fourth-order valence-corrected chi connectivity index (χ4v) is 1.25. The van der Waals surface area contributed by atoms with Crippen LogP contribution in [0.4, 0.5) is 0 Å². The van der Waals surface area contributed by atoms with Gasteiger partial charge < -0.3 is 0 Å². The molecule has 0 spiro atoms. The van der Waals surface area contributed by atoms with Crippen molar-refractivity contribution < 1.29 is 0 Å². The summed E-state index contributed by atoms with van der Waals surface area (Å²) in [6.45, 7) is 5.30. The van der Waals surface area contributed by atoms with E-state index in [-0.39, 0.29) is 0 Å². The van der Waals surface area contributed by atoms with E-state index in [9.17, 15) is 0 Å². The van der Waals surface area contributed by atoms with Crippen LogP contribution in [0.3, 0.4) is 0 Å². The van der Waals surface area contributed by atoms with Crippen molar-refractivity contribution in [3.63, 3.8) is 0 Å². The van der Waals surface area contributed by atoms with E-state index < -0.39 is 0 Å². The normalized spacial score (nSPS) is 10.5. The smallest absolute Gasteiger partial charge is 0.0635 e. The van der Waals surface area contributed by atoms with Gasteiger partial charge in [0, 0.05) is 12.2 Å². The van der Waals surface area contributed by atoms with Crippen molar-refractivity contribution in [2.75, 3.05) is 0 Å². The summed E-state index contributed by atoms with van der Waals surface area (Å²) in [5.74, 6) is 0. The van der Waals surface area contributed by atoms with Crippen molar-refractivity contribution in [1.29, 1.82) is 0 Å². The molecule has 1 heterocycles. The Kier molecular flexibility index (Phi) is 3.12. The fraction of sp³-hybridized carbons (Fsp3) is 0.625. The molecule has 0 saturated carbocycles. The maximum Gasteiger partial charge on any atom is 0.0635 e. The van der Waals surface area contributed by atoms with E-state index in [0.29, 0.717) is 0 Å². The van der Waals surface area contributed by atoms with Crippen LogP contribution < -0.4 is 0 Å². The van der Waals surface area contributed by atoms with Gasteiger partial charge in [-0.3, -0.25) is 4.68 Å². The van der Waals surface area contributed by atoms with E-state index >= 15 is 0 Å². The third-order valence-corrected chi connectivity index (χ3v) is 2.55. The molecule has 1 aromatic rings. The number of rotatable bonds is 3. The minimum Gasteiger partial charge on any atom is -0.269 e. The van der Waals surface area contributed by atoms with Gasteiger partial charge in [-0.05, 0) is 29.3 Å². The topological polar surface area (TPSA) is 17.8 Å². The van der Waals surface area contributed by atoms with E-state index in [2.05, 4.69) is 34.9 Å². The molecule has 0 fully saturated rings. The minimum absolute atomic E-state index is 1.04. The molecule has 0 radical (unpaired) electrons. The van der Waals surface area contributed by atoms with Gasteiger partial charge in [-0.2, -0.15) is 5.10 Å². The van der Waals surface area contributed by atoms with Crippen molar-refractivity contribution >= 4 is 15.9 Å². The zero-order chi connectivity index (χ0) is 8.27. The zero-order valence-corrected chi connectivity index (χ0v) is 8.56. The molecule has 0 unspecified atom stereocenters. The molecular weight excluding hydrogens is 204 g/mol. The molecular formula is C8H13BrN2. The summed E-state index contributed by atoms with van der Waals surface area (Å²) in [4.78, 5) is 0. The third kappa shape index (κ3) is 2.06. The maximum atomic E-state index is 4.22. The van der Waals surface area contributed by atoms with Crippen molar-refractivity contribution in [2.45, 2.75) is 33.2 Å². The highest BCUT2D eigenvalue weighted by Crippen LogP contribution is 2.14. The molecule has 0 N–H and O–H groups in total. The van der Waals surface area contributed by atoms with Gasteiger partial charge in [0.2, 0.25) is 0 Å². The number of aromatic nitrogens is 2. The van der Waals surface area contributed by atoms with Gasteiger partial charge in [-0.1, -0.05) is 13.3 Å². The monoisotopic (exact) mass is 216 g/mol. The third-order valence-electron chi connectivity index (χ3n) is 1.77. The summed E-state index contributed by atoms with van der Waals surface area (Å²) < 4.78 is 3.14. The molecule has 0 amide bonds. The summed E-state index contributed by atoms with van der Waals surface area (Å²) in [6, 6.07) is 0. The first-order chi connectivity index (χ1) is 5.25. The molecule has 3 heteroatoms. The second-order valence-corrected chi connectivity index (χ2v) is 3.51.